The fourth-order valence-corrected chi connectivity index (χ4v) is 3.61. The first-order valence-corrected chi connectivity index (χ1v) is 8.69. The highest BCUT2D eigenvalue weighted by Gasteiger charge is 2.32. The Bertz CT molecular complexity index is 917. The molecule has 0 N–H and O–H groups in total. The zero-order chi connectivity index (χ0) is 18.1. The van der Waals surface area contributed by atoms with Crippen molar-refractivity contribution < 1.29 is 18.4 Å². The number of carbonyl (C=O) groups is 2. The average Bonchev–Trinajstić information content (AvgIpc) is 3.11. The fraction of sp³-hybridized carbons (Fsp3) is 0.167. The number of hydrogen-bond acceptors (Lipinski definition) is 5. The van der Waals surface area contributed by atoms with Gasteiger partial charge in [-0.2, -0.15) is 0 Å². The Morgan fingerprint density at radius 3 is 2.80 bits per heavy atom. The van der Waals surface area contributed by atoms with Gasteiger partial charge in [-0.1, -0.05) is 24.0 Å². The molecule has 7 heteroatoms. The van der Waals surface area contributed by atoms with Crippen LogP contribution in [0.2, 0.25) is 0 Å². The van der Waals surface area contributed by atoms with E-state index in [-0.39, 0.29) is 24.1 Å². The van der Waals surface area contributed by atoms with Gasteiger partial charge in [0.05, 0.1) is 11.4 Å². The lowest BCUT2D eigenvalue weighted by Gasteiger charge is -2.11. The molecule has 128 valence electrons. The van der Waals surface area contributed by atoms with Crippen LogP contribution in [-0.4, -0.2) is 27.5 Å². The second kappa shape index (κ2) is 6.93. The van der Waals surface area contributed by atoms with Crippen LogP contribution < -0.4 is 0 Å². The van der Waals surface area contributed by atoms with Crippen molar-refractivity contribution >= 4 is 46.1 Å². The van der Waals surface area contributed by atoms with Crippen molar-refractivity contribution in [2.75, 3.05) is 6.54 Å². The number of ketones is 1. The van der Waals surface area contributed by atoms with Crippen molar-refractivity contribution in [1.82, 2.24) is 4.90 Å². The van der Waals surface area contributed by atoms with Gasteiger partial charge < -0.3 is 4.42 Å². The number of benzene rings is 1. The lowest BCUT2D eigenvalue weighted by Crippen LogP contribution is -2.32. The molecule has 0 radical (unpaired) electrons. The number of aryl methyl sites for hydroxylation is 1. The van der Waals surface area contributed by atoms with E-state index < -0.39 is 0 Å². The van der Waals surface area contributed by atoms with Gasteiger partial charge in [-0.25, -0.2) is 4.39 Å². The van der Waals surface area contributed by atoms with Crippen molar-refractivity contribution in [2.24, 2.45) is 0 Å². The molecule has 4 nitrogen and oxygen atoms in total. The number of hydrogen-bond donors (Lipinski definition) is 0. The number of halogens is 1. The highest BCUT2D eigenvalue weighted by Crippen LogP contribution is 2.33. The maximum Gasteiger partial charge on any atom is 0.266 e. The summed E-state index contributed by atoms with van der Waals surface area (Å²) in [4.78, 5) is 25.3. The molecular weight excluding hydrogens is 361 g/mol. The molecule has 0 aliphatic carbocycles. The van der Waals surface area contributed by atoms with Crippen LogP contribution in [0.4, 0.5) is 4.39 Å². The van der Waals surface area contributed by atoms with Gasteiger partial charge in [-0.15, -0.1) is 0 Å². The summed E-state index contributed by atoms with van der Waals surface area (Å²) in [5.41, 5.74) is 1.28. The topological polar surface area (TPSA) is 50.5 Å². The Labute approximate surface area is 153 Å². The second-order valence-corrected chi connectivity index (χ2v) is 7.31. The summed E-state index contributed by atoms with van der Waals surface area (Å²) in [7, 11) is 0. The predicted molar refractivity (Wildman–Crippen MR) is 99.4 cm³/mol. The van der Waals surface area contributed by atoms with Gasteiger partial charge in [0.2, 0.25) is 0 Å². The van der Waals surface area contributed by atoms with Crippen molar-refractivity contribution in [3.63, 3.8) is 0 Å². The van der Waals surface area contributed by atoms with E-state index in [1.807, 2.05) is 0 Å². The van der Waals surface area contributed by atoms with Gasteiger partial charge in [0.1, 0.15) is 27.4 Å². The Balaban J connectivity index is 1.84. The minimum atomic E-state index is -0.305. The summed E-state index contributed by atoms with van der Waals surface area (Å²) < 4.78 is 19.5. The largest absolute Gasteiger partial charge is 0.457 e. The summed E-state index contributed by atoms with van der Waals surface area (Å²) in [6, 6.07) is 8.21. The van der Waals surface area contributed by atoms with Gasteiger partial charge in [0.15, 0.2) is 0 Å². The number of nitrogens with zero attached hydrogens (tertiary/aromatic N) is 1. The maximum atomic E-state index is 13.4. The van der Waals surface area contributed by atoms with Crippen LogP contribution in [0.25, 0.3) is 17.4 Å². The molecule has 0 saturated carbocycles. The van der Waals surface area contributed by atoms with Gasteiger partial charge in [-0.05, 0) is 49.7 Å². The summed E-state index contributed by atoms with van der Waals surface area (Å²) in [6.45, 7) is 3.06. The number of furan rings is 1. The molecule has 2 heterocycles. The van der Waals surface area contributed by atoms with Crippen LogP contribution in [-0.2, 0) is 9.59 Å². The molecule has 1 amide bonds. The first-order valence-electron chi connectivity index (χ1n) is 7.46. The second-order valence-electron chi connectivity index (χ2n) is 5.64. The molecule has 1 aromatic carbocycles. The third kappa shape index (κ3) is 3.72. The molecule has 0 bridgehead atoms. The van der Waals surface area contributed by atoms with Crippen LogP contribution in [0, 0.1) is 12.7 Å². The predicted octanol–water partition coefficient (Wildman–Crippen LogP) is 4.18. The molecule has 1 aliphatic rings. The fourth-order valence-electron chi connectivity index (χ4n) is 2.37. The molecule has 1 fully saturated rings. The lowest BCUT2D eigenvalue weighted by atomic mass is 10.1. The van der Waals surface area contributed by atoms with Gasteiger partial charge in [0, 0.05) is 11.6 Å². The molecule has 2 aromatic rings. The van der Waals surface area contributed by atoms with E-state index in [9.17, 15) is 14.0 Å². The number of thiocarbonyl (C=S) groups is 1. The molecule has 1 saturated heterocycles. The molecule has 25 heavy (non-hydrogen) atoms. The van der Waals surface area contributed by atoms with E-state index in [4.69, 9.17) is 16.6 Å². The SMILES string of the molecule is CC(=O)CN1C(=O)/C(=C/c2ccc(-c3ccc(F)c(C)c3)o2)SC1=S. The molecule has 1 aliphatic heterocycles. The lowest BCUT2D eigenvalue weighted by molar-refractivity contribution is -0.126. The first-order chi connectivity index (χ1) is 11.8. The maximum absolute atomic E-state index is 13.4. The van der Waals surface area contributed by atoms with E-state index in [0.29, 0.717) is 26.3 Å². The number of amides is 1. The molecule has 3 rings (SSSR count). The van der Waals surface area contributed by atoms with Gasteiger partial charge in [0.25, 0.3) is 5.91 Å². The minimum Gasteiger partial charge on any atom is -0.457 e. The Hall–Kier alpha value is -2.25. The molecule has 1 aromatic heterocycles. The smallest absolute Gasteiger partial charge is 0.266 e. The molecule has 0 unspecified atom stereocenters. The van der Waals surface area contributed by atoms with E-state index in [2.05, 4.69) is 0 Å². The summed E-state index contributed by atoms with van der Waals surface area (Å²) >= 11 is 6.28. The zero-order valence-electron chi connectivity index (χ0n) is 13.5. The third-order valence-corrected chi connectivity index (χ3v) is 4.97. The van der Waals surface area contributed by atoms with Crippen molar-refractivity contribution in [3.8, 4) is 11.3 Å². The molecular formula is C18H14FNO3S2. The Morgan fingerprint density at radius 1 is 1.36 bits per heavy atom. The Kier molecular flexibility index (Phi) is 4.87. The van der Waals surface area contributed by atoms with Crippen LogP contribution in [0.1, 0.15) is 18.2 Å². The third-order valence-electron chi connectivity index (χ3n) is 3.60. The number of carbonyl (C=O) groups excluding carboxylic acids is 2. The van der Waals surface area contributed by atoms with Crippen molar-refractivity contribution in [2.45, 2.75) is 13.8 Å². The Morgan fingerprint density at radius 2 is 2.12 bits per heavy atom. The van der Waals surface area contributed by atoms with Crippen molar-refractivity contribution in [3.05, 3.63) is 52.4 Å². The molecule has 0 atom stereocenters. The monoisotopic (exact) mass is 375 g/mol. The van der Waals surface area contributed by atoms with E-state index in [1.165, 1.54) is 17.9 Å². The zero-order valence-corrected chi connectivity index (χ0v) is 15.2. The van der Waals surface area contributed by atoms with E-state index in [0.717, 1.165) is 17.3 Å². The normalized spacial score (nSPS) is 16.1. The minimum absolute atomic E-state index is 0.0275. The number of Topliss-reactive ketones (excluding diaryl/α,β-unsaturated/α-hetero) is 1. The highest BCUT2D eigenvalue weighted by molar-refractivity contribution is 8.26. The van der Waals surface area contributed by atoms with Gasteiger partial charge >= 0.3 is 0 Å². The van der Waals surface area contributed by atoms with Gasteiger partial charge in [-0.3, -0.25) is 14.5 Å². The van der Waals surface area contributed by atoms with Crippen molar-refractivity contribution in [1.29, 1.82) is 0 Å². The summed E-state index contributed by atoms with van der Waals surface area (Å²) in [5.74, 6) is 0.351. The van der Waals surface area contributed by atoms with E-state index >= 15 is 0 Å². The summed E-state index contributed by atoms with van der Waals surface area (Å²) in [6.07, 6.45) is 1.60. The number of thioether (sulfide) groups is 1. The van der Waals surface area contributed by atoms with E-state index in [1.54, 1.807) is 37.3 Å². The van der Waals surface area contributed by atoms with Crippen LogP contribution in [0.5, 0.6) is 0 Å². The van der Waals surface area contributed by atoms with Crippen LogP contribution in [0.15, 0.2) is 39.7 Å². The first kappa shape index (κ1) is 17.6. The standard InChI is InChI=1S/C18H14FNO3S2/c1-10-7-12(3-5-14(10)19)15-6-4-13(23-15)8-16-17(22)20(9-11(2)21)18(24)25-16/h3-8H,9H2,1-2H3/b16-8-. The highest BCUT2D eigenvalue weighted by atomic mass is 32.2. The van der Waals surface area contributed by atoms with Crippen LogP contribution in [0.3, 0.4) is 0 Å². The quantitative estimate of drug-likeness (QED) is 0.593. The number of rotatable bonds is 4. The van der Waals surface area contributed by atoms with Crippen LogP contribution >= 0.6 is 24.0 Å². The average molecular weight is 375 g/mol. The summed E-state index contributed by atoms with van der Waals surface area (Å²) in [5, 5.41) is 0. The molecule has 0 spiro atoms.